The van der Waals surface area contributed by atoms with Gasteiger partial charge < -0.3 is 10.2 Å². The van der Waals surface area contributed by atoms with E-state index >= 15 is 0 Å². The van der Waals surface area contributed by atoms with Crippen LogP contribution in [0.15, 0.2) is 27.4 Å². The molecule has 0 amide bonds. The fourth-order valence-corrected chi connectivity index (χ4v) is 3.24. The Balaban J connectivity index is 2.03. The maximum Gasteiger partial charge on any atom is 0.419 e. The Morgan fingerprint density at radius 1 is 1.37 bits per heavy atom. The van der Waals surface area contributed by atoms with E-state index in [0.717, 1.165) is 11.1 Å². The van der Waals surface area contributed by atoms with Crippen molar-refractivity contribution in [2.75, 3.05) is 0 Å². The van der Waals surface area contributed by atoms with Crippen molar-refractivity contribution in [3.63, 3.8) is 0 Å². The molecule has 2 aromatic rings. The summed E-state index contributed by atoms with van der Waals surface area (Å²) < 4.78 is 6.75. The Morgan fingerprint density at radius 2 is 2.05 bits per heavy atom. The molecule has 1 heterocycles. The standard InChI is InChI=1S/C15H20N2O2/c1-15(7-3-4-8-15)13(16)10-5-6-11-12(9-10)19-14(18)17(11)2/h5-6,9,13H,3-4,7-8,16H2,1-2H3. The number of benzene rings is 1. The molecule has 1 unspecified atom stereocenters. The van der Waals surface area contributed by atoms with E-state index in [0.29, 0.717) is 5.58 Å². The van der Waals surface area contributed by atoms with E-state index < -0.39 is 0 Å². The number of aryl methyl sites for hydroxylation is 1. The van der Waals surface area contributed by atoms with Gasteiger partial charge in [0.25, 0.3) is 0 Å². The highest BCUT2D eigenvalue weighted by Gasteiger charge is 2.35. The summed E-state index contributed by atoms with van der Waals surface area (Å²) in [5.74, 6) is -0.326. The molecule has 2 N–H and O–H groups in total. The van der Waals surface area contributed by atoms with E-state index in [9.17, 15) is 4.79 Å². The quantitative estimate of drug-likeness (QED) is 0.903. The molecular formula is C15H20N2O2. The molecule has 1 aliphatic rings. The summed E-state index contributed by atoms with van der Waals surface area (Å²) in [7, 11) is 1.71. The minimum Gasteiger partial charge on any atom is -0.408 e. The first kappa shape index (κ1) is 12.5. The van der Waals surface area contributed by atoms with Crippen LogP contribution >= 0.6 is 0 Å². The second kappa shape index (κ2) is 4.23. The van der Waals surface area contributed by atoms with Gasteiger partial charge in [-0.1, -0.05) is 25.8 Å². The molecule has 3 rings (SSSR count). The predicted octanol–water partition coefficient (Wildman–Crippen LogP) is 2.71. The highest BCUT2D eigenvalue weighted by Crippen LogP contribution is 2.46. The number of hydrogen-bond donors (Lipinski definition) is 1. The normalized spacial score (nSPS) is 19.9. The summed E-state index contributed by atoms with van der Waals surface area (Å²) in [6.07, 6.45) is 4.86. The van der Waals surface area contributed by atoms with Gasteiger partial charge in [-0.15, -0.1) is 0 Å². The molecule has 0 radical (unpaired) electrons. The smallest absolute Gasteiger partial charge is 0.408 e. The third-order valence-electron chi connectivity index (χ3n) is 4.67. The molecule has 0 aliphatic heterocycles. The van der Waals surface area contributed by atoms with E-state index in [-0.39, 0.29) is 17.2 Å². The van der Waals surface area contributed by atoms with Gasteiger partial charge in [-0.05, 0) is 36.0 Å². The van der Waals surface area contributed by atoms with E-state index in [2.05, 4.69) is 6.92 Å². The average molecular weight is 260 g/mol. The van der Waals surface area contributed by atoms with Crippen LogP contribution in [-0.4, -0.2) is 4.57 Å². The number of oxazole rings is 1. The number of rotatable bonds is 2. The lowest BCUT2D eigenvalue weighted by atomic mass is 9.78. The van der Waals surface area contributed by atoms with Crippen molar-refractivity contribution in [3.8, 4) is 0 Å². The van der Waals surface area contributed by atoms with Crippen LogP contribution in [0, 0.1) is 5.41 Å². The van der Waals surface area contributed by atoms with E-state index in [1.807, 2.05) is 18.2 Å². The van der Waals surface area contributed by atoms with Crippen LogP contribution < -0.4 is 11.5 Å². The second-order valence-electron chi connectivity index (χ2n) is 5.99. The molecule has 1 saturated carbocycles. The molecule has 0 bridgehead atoms. The zero-order valence-corrected chi connectivity index (χ0v) is 11.5. The average Bonchev–Trinajstić information content (AvgIpc) is 2.95. The molecule has 1 fully saturated rings. The van der Waals surface area contributed by atoms with Gasteiger partial charge in [-0.2, -0.15) is 0 Å². The fraction of sp³-hybridized carbons (Fsp3) is 0.533. The Morgan fingerprint density at radius 3 is 2.74 bits per heavy atom. The van der Waals surface area contributed by atoms with Gasteiger partial charge in [0.15, 0.2) is 5.58 Å². The van der Waals surface area contributed by atoms with E-state index in [4.69, 9.17) is 10.2 Å². The molecular weight excluding hydrogens is 240 g/mol. The molecule has 1 aliphatic carbocycles. The Kier molecular flexibility index (Phi) is 2.78. The molecule has 102 valence electrons. The monoisotopic (exact) mass is 260 g/mol. The van der Waals surface area contributed by atoms with Crippen molar-refractivity contribution in [3.05, 3.63) is 34.3 Å². The van der Waals surface area contributed by atoms with Crippen molar-refractivity contribution >= 4 is 11.1 Å². The molecule has 4 heteroatoms. The van der Waals surface area contributed by atoms with Crippen molar-refractivity contribution in [1.29, 1.82) is 0 Å². The lowest BCUT2D eigenvalue weighted by Gasteiger charge is -2.31. The number of aromatic nitrogens is 1. The predicted molar refractivity (Wildman–Crippen MR) is 75.0 cm³/mol. The van der Waals surface area contributed by atoms with Gasteiger partial charge in [0.05, 0.1) is 5.52 Å². The van der Waals surface area contributed by atoms with Crippen molar-refractivity contribution in [2.24, 2.45) is 18.2 Å². The van der Waals surface area contributed by atoms with Crippen LogP contribution in [0.5, 0.6) is 0 Å². The van der Waals surface area contributed by atoms with Gasteiger partial charge in [-0.3, -0.25) is 4.57 Å². The lowest BCUT2D eigenvalue weighted by Crippen LogP contribution is -2.29. The number of hydrogen-bond acceptors (Lipinski definition) is 3. The van der Waals surface area contributed by atoms with Gasteiger partial charge >= 0.3 is 5.76 Å². The van der Waals surface area contributed by atoms with E-state index in [1.165, 1.54) is 30.3 Å². The van der Waals surface area contributed by atoms with Crippen LogP contribution in [0.2, 0.25) is 0 Å². The molecule has 1 atom stereocenters. The summed E-state index contributed by atoms with van der Waals surface area (Å²) in [5, 5.41) is 0. The third-order valence-corrected chi connectivity index (χ3v) is 4.67. The van der Waals surface area contributed by atoms with Gasteiger partial charge in [0.1, 0.15) is 0 Å². The maximum atomic E-state index is 11.5. The highest BCUT2D eigenvalue weighted by atomic mass is 16.4. The minimum atomic E-state index is -0.326. The first-order valence-corrected chi connectivity index (χ1v) is 6.86. The molecule has 0 spiro atoms. The molecule has 0 saturated heterocycles. The lowest BCUT2D eigenvalue weighted by molar-refractivity contribution is 0.265. The SMILES string of the molecule is Cn1c(=O)oc2cc(C(N)C3(C)CCCC3)ccc21. The number of nitrogens with zero attached hydrogens (tertiary/aromatic N) is 1. The highest BCUT2D eigenvalue weighted by molar-refractivity contribution is 5.73. The first-order chi connectivity index (χ1) is 9.01. The number of fused-ring (bicyclic) bond motifs is 1. The zero-order valence-electron chi connectivity index (χ0n) is 11.5. The minimum absolute atomic E-state index is 0.00454. The number of nitrogens with two attached hydrogens (primary N) is 1. The maximum absolute atomic E-state index is 11.5. The summed E-state index contributed by atoms with van der Waals surface area (Å²) >= 11 is 0. The van der Waals surface area contributed by atoms with Crippen LogP contribution in [0.4, 0.5) is 0 Å². The van der Waals surface area contributed by atoms with Gasteiger partial charge in [0, 0.05) is 13.1 Å². The summed E-state index contributed by atoms with van der Waals surface area (Å²) in [4.78, 5) is 11.5. The van der Waals surface area contributed by atoms with Gasteiger partial charge in [0.2, 0.25) is 0 Å². The van der Waals surface area contributed by atoms with Crippen LogP contribution in [0.1, 0.15) is 44.2 Å². The summed E-state index contributed by atoms with van der Waals surface area (Å²) in [5.41, 5.74) is 9.12. The van der Waals surface area contributed by atoms with Crippen molar-refractivity contribution in [1.82, 2.24) is 4.57 Å². The molecule has 4 nitrogen and oxygen atoms in total. The van der Waals surface area contributed by atoms with Crippen LogP contribution in [0.3, 0.4) is 0 Å². The Hall–Kier alpha value is -1.55. The fourth-order valence-electron chi connectivity index (χ4n) is 3.24. The van der Waals surface area contributed by atoms with Gasteiger partial charge in [-0.25, -0.2) is 4.79 Å². The van der Waals surface area contributed by atoms with Crippen LogP contribution in [-0.2, 0) is 7.05 Å². The molecule has 1 aromatic heterocycles. The first-order valence-electron chi connectivity index (χ1n) is 6.86. The van der Waals surface area contributed by atoms with E-state index in [1.54, 1.807) is 7.05 Å². The van der Waals surface area contributed by atoms with Crippen molar-refractivity contribution in [2.45, 2.75) is 38.6 Å². The largest absolute Gasteiger partial charge is 0.419 e. The van der Waals surface area contributed by atoms with Crippen molar-refractivity contribution < 1.29 is 4.42 Å². The zero-order chi connectivity index (χ0) is 13.6. The van der Waals surface area contributed by atoms with Crippen LogP contribution in [0.25, 0.3) is 11.1 Å². The molecule has 1 aromatic carbocycles. The topological polar surface area (TPSA) is 61.2 Å². The third kappa shape index (κ3) is 1.91. The Labute approximate surface area is 112 Å². The summed E-state index contributed by atoms with van der Waals surface area (Å²) in [6.45, 7) is 2.26. The second-order valence-corrected chi connectivity index (χ2v) is 5.99. The Bertz CT molecular complexity index is 662. The summed E-state index contributed by atoms with van der Waals surface area (Å²) in [6, 6.07) is 5.87. The molecule has 19 heavy (non-hydrogen) atoms.